The third-order valence-corrected chi connectivity index (χ3v) is 6.19. The highest BCUT2D eigenvalue weighted by Gasteiger charge is 2.25. The molecule has 1 rings (SSSR count). The summed E-state index contributed by atoms with van der Waals surface area (Å²) in [5, 5.41) is 3.56. The van der Waals surface area contributed by atoms with Gasteiger partial charge in [-0.05, 0) is 25.4 Å². The highest BCUT2D eigenvalue weighted by Crippen LogP contribution is 2.32. The summed E-state index contributed by atoms with van der Waals surface area (Å²) < 4.78 is 26.3. The van der Waals surface area contributed by atoms with E-state index in [1.165, 1.54) is 10.4 Å². The highest BCUT2D eigenvalue weighted by molar-refractivity contribution is 7.98. The summed E-state index contributed by atoms with van der Waals surface area (Å²) in [5.74, 6) is 0.726. The van der Waals surface area contributed by atoms with Crippen LogP contribution in [-0.4, -0.2) is 45.4 Å². The van der Waals surface area contributed by atoms with Gasteiger partial charge in [-0.25, -0.2) is 12.7 Å². The van der Waals surface area contributed by atoms with Crippen molar-refractivity contribution in [1.29, 1.82) is 0 Å². The lowest BCUT2D eigenvalue weighted by Gasteiger charge is -2.19. The summed E-state index contributed by atoms with van der Waals surface area (Å²) in [4.78, 5) is 0.0948. The minimum Gasteiger partial charge on any atom is -0.316 e. The third kappa shape index (κ3) is 4.02. The maximum atomic E-state index is 12.5. The largest absolute Gasteiger partial charge is 0.316 e. The number of nitrogens with zero attached hydrogens (tertiary/aromatic N) is 1. The molecule has 0 amide bonds. The quantitative estimate of drug-likeness (QED) is 0.815. The number of sulfonamides is 1. The normalized spacial score (nSPS) is 12.1. The smallest absolute Gasteiger partial charge is 0.244 e. The van der Waals surface area contributed by atoms with Crippen molar-refractivity contribution in [2.24, 2.45) is 0 Å². The number of hydrogen-bond acceptors (Lipinski definition) is 4. The van der Waals surface area contributed by atoms with Gasteiger partial charge in [0.15, 0.2) is 0 Å². The molecule has 8 heteroatoms. The molecule has 0 atom stereocenters. The van der Waals surface area contributed by atoms with Gasteiger partial charge in [-0.15, -0.1) is 0 Å². The molecular formula is C12H18Cl2N2O2S2. The number of rotatable bonds is 7. The van der Waals surface area contributed by atoms with Crippen LogP contribution in [0.15, 0.2) is 17.0 Å². The van der Waals surface area contributed by atoms with Crippen molar-refractivity contribution in [2.45, 2.75) is 11.4 Å². The molecule has 0 aliphatic carbocycles. The lowest BCUT2D eigenvalue weighted by Crippen LogP contribution is -2.29. The molecule has 0 spiro atoms. The Bertz CT molecular complexity index is 565. The highest BCUT2D eigenvalue weighted by atomic mass is 35.5. The molecule has 0 heterocycles. The fourth-order valence-electron chi connectivity index (χ4n) is 1.62. The zero-order valence-corrected chi connectivity index (χ0v) is 14.8. The van der Waals surface area contributed by atoms with E-state index in [1.54, 1.807) is 31.9 Å². The Hall–Kier alpha value is 0.0200. The topological polar surface area (TPSA) is 49.4 Å². The van der Waals surface area contributed by atoms with E-state index < -0.39 is 10.0 Å². The molecule has 0 saturated heterocycles. The standard InChI is InChI=1S/C12H18Cl2N2O2S2/c1-15-8-9-10(13)4-5-11(12(9)14)20(17,18)16(2)6-7-19-3/h4-5,15H,6-8H2,1-3H3. The van der Waals surface area contributed by atoms with Gasteiger partial charge in [0, 0.05) is 36.5 Å². The number of halogens is 2. The van der Waals surface area contributed by atoms with Crippen molar-refractivity contribution < 1.29 is 8.42 Å². The van der Waals surface area contributed by atoms with Crippen LogP contribution in [0.25, 0.3) is 0 Å². The minimum atomic E-state index is -3.60. The molecule has 0 aromatic heterocycles. The fraction of sp³-hybridized carbons (Fsp3) is 0.500. The van der Waals surface area contributed by atoms with Gasteiger partial charge in [0.05, 0.1) is 5.02 Å². The van der Waals surface area contributed by atoms with Gasteiger partial charge < -0.3 is 5.32 Å². The van der Waals surface area contributed by atoms with E-state index in [4.69, 9.17) is 23.2 Å². The van der Waals surface area contributed by atoms with E-state index in [0.29, 0.717) is 23.7 Å². The zero-order chi connectivity index (χ0) is 15.3. The zero-order valence-electron chi connectivity index (χ0n) is 11.6. The Labute approximate surface area is 134 Å². The summed E-state index contributed by atoms with van der Waals surface area (Å²) in [6.45, 7) is 0.847. The monoisotopic (exact) mass is 356 g/mol. The molecule has 0 saturated carbocycles. The third-order valence-electron chi connectivity index (χ3n) is 2.80. The number of hydrogen-bond donors (Lipinski definition) is 1. The van der Waals surface area contributed by atoms with E-state index in [1.807, 2.05) is 6.26 Å². The summed E-state index contributed by atoms with van der Waals surface area (Å²) in [5.41, 5.74) is 0.593. The Balaban J connectivity index is 3.22. The van der Waals surface area contributed by atoms with Crippen LogP contribution >= 0.6 is 35.0 Å². The van der Waals surface area contributed by atoms with E-state index >= 15 is 0 Å². The molecule has 0 aliphatic rings. The predicted octanol–water partition coefficient (Wildman–Crippen LogP) is 2.70. The lowest BCUT2D eigenvalue weighted by molar-refractivity contribution is 0.488. The molecular weight excluding hydrogens is 339 g/mol. The molecule has 0 radical (unpaired) electrons. The van der Waals surface area contributed by atoms with Crippen LogP contribution < -0.4 is 5.32 Å². The molecule has 1 N–H and O–H groups in total. The van der Waals surface area contributed by atoms with Crippen molar-refractivity contribution in [3.05, 3.63) is 27.7 Å². The average molecular weight is 357 g/mol. The fourth-order valence-corrected chi connectivity index (χ4v) is 4.25. The van der Waals surface area contributed by atoms with Crippen LogP contribution in [0, 0.1) is 0 Å². The van der Waals surface area contributed by atoms with Crippen molar-refractivity contribution in [1.82, 2.24) is 9.62 Å². The maximum Gasteiger partial charge on any atom is 0.244 e. The molecule has 0 aliphatic heterocycles. The molecule has 1 aromatic rings. The summed E-state index contributed by atoms with van der Waals surface area (Å²) in [6.07, 6.45) is 1.93. The average Bonchev–Trinajstić information content (AvgIpc) is 2.40. The second kappa shape index (κ2) is 7.87. The van der Waals surface area contributed by atoms with Crippen LogP contribution in [0.3, 0.4) is 0 Å². The molecule has 4 nitrogen and oxygen atoms in total. The van der Waals surface area contributed by atoms with Crippen LogP contribution in [0.2, 0.25) is 10.0 Å². The first-order chi connectivity index (χ1) is 9.36. The maximum absolute atomic E-state index is 12.5. The van der Waals surface area contributed by atoms with E-state index in [2.05, 4.69) is 5.32 Å². The molecule has 1 aromatic carbocycles. The SMILES string of the molecule is CNCc1c(Cl)ccc(S(=O)(=O)N(C)CCSC)c1Cl. The minimum absolute atomic E-state index is 0.0948. The lowest BCUT2D eigenvalue weighted by atomic mass is 10.2. The van der Waals surface area contributed by atoms with Gasteiger partial charge in [0.25, 0.3) is 0 Å². The van der Waals surface area contributed by atoms with E-state index in [9.17, 15) is 8.42 Å². The second-order valence-corrected chi connectivity index (χ2v) is 7.97. The summed E-state index contributed by atoms with van der Waals surface area (Å²) in [6, 6.07) is 3.02. The first-order valence-electron chi connectivity index (χ1n) is 5.93. The Morgan fingerprint density at radius 1 is 1.35 bits per heavy atom. The molecule has 0 bridgehead atoms. The van der Waals surface area contributed by atoms with Gasteiger partial charge in [-0.3, -0.25) is 0 Å². The van der Waals surface area contributed by atoms with Crippen molar-refractivity contribution >= 4 is 45.0 Å². The van der Waals surface area contributed by atoms with Gasteiger partial charge >= 0.3 is 0 Å². The van der Waals surface area contributed by atoms with Crippen molar-refractivity contribution in [2.75, 3.05) is 32.6 Å². The number of thioether (sulfide) groups is 1. The first-order valence-corrected chi connectivity index (χ1v) is 9.52. The van der Waals surface area contributed by atoms with Gasteiger partial charge in [0.2, 0.25) is 10.0 Å². The number of nitrogens with one attached hydrogen (secondary N) is 1. The van der Waals surface area contributed by atoms with Gasteiger partial charge in [-0.1, -0.05) is 23.2 Å². The summed E-state index contributed by atoms with van der Waals surface area (Å²) >= 11 is 13.9. The number of benzene rings is 1. The molecule has 0 unspecified atom stereocenters. The first kappa shape index (κ1) is 18.1. The van der Waals surface area contributed by atoms with E-state index in [0.717, 1.165) is 5.75 Å². The van der Waals surface area contributed by atoms with Crippen LogP contribution in [0.1, 0.15) is 5.56 Å². The summed E-state index contributed by atoms with van der Waals surface area (Å²) in [7, 11) is -0.300. The van der Waals surface area contributed by atoms with Crippen molar-refractivity contribution in [3.63, 3.8) is 0 Å². The van der Waals surface area contributed by atoms with Crippen LogP contribution in [0.5, 0.6) is 0 Å². The Morgan fingerprint density at radius 3 is 2.55 bits per heavy atom. The molecule has 20 heavy (non-hydrogen) atoms. The Kier molecular flexibility index (Phi) is 7.11. The molecule has 0 fully saturated rings. The molecule has 114 valence electrons. The van der Waals surface area contributed by atoms with Crippen LogP contribution in [-0.2, 0) is 16.6 Å². The van der Waals surface area contributed by atoms with Gasteiger partial charge in [0.1, 0.15) is 4.90 Å². The van der Waals surface area contributed by atoms with Crippen molar-refractivity contribution in [3.8, 4) is 0 Å². The second-order valence-electron chi connectivity index (χ2n) is 4.19. The van der Waals surface area contributed by atoms with Crippen LogP contribution in [0.4, 0.5) is 0 Å². The van der Waals surface area contributed by atoms with E-state index in [-0.39, 0.29) is 9.92 Å². The van der Waals surface area contributed by atoms with Gasteiger partial charge in [-0.2, -0.15) is 11.8 Å². The predicted molar refractivity (Wildman–Crippen MR) is 87.4 cm³/mol. The Morgan fingerprint density at radius 2 is 2.00 bits per heavy atom.